The maximum Gasteiger partial charge on any atom is 0.257 e. The predicted molar refractivity (Wildman–Crippen MR) is 128 cm³/mol. The molecule has 2 aromatic carbocycles. The van der Waals surface area contributed by atoms with Gasteiger partial charge in [-0.1, -0.05) is 36.8 Å². The van der Waals surface area contributed by atoms with E-state index in [4.69, 9.17) is 5.10 Å². The summed E-state index contributed by atoms with van der Waals surface area (Å²) in [5.41, 5.74) is 5.53. The molecule has 1 aliphatic carbocycles. The second-order valence-electron chi connectivity index (χ2n) is 9.22. The highest BCUT2D eigenvalue weighted by atomic mass is 16.2. The van der Waals surface area contributed by atoms with Crippen LogP contribution in [0.1, 0.15) is 40.7 Å². The van der Waals surface area contributed by atoms with Crippen molar-refractivity contribution in [2.45, 2.75) is 33.1 Å². The zero-order valence-corrected chi connectivity index (χ0v) is 19.3. The highest BCUT2D eigenvalue weighted by Gasteiger charge is 2.33. The lowest BCUT2D eigenvalue weighted by molar-refractivity contribution is -0.139. The number of amides is 2. The van der Waals surface area contributed by atoms with Crippen LogP contribution >= 0.6 is 0 Å². The standard InChI is InChI=1S/C27H30N4O2/c1-19-11-12-22(17-20(19)2)25-24(18-31(28-25)23-9-4-3-5-10-23)27(33)30-15-13-29(14-16-30)26(32)21-7-6-8-21/h3-5,9-12,17-18,21H,6-8,13-16H2,1-2H3. The van der Waals surface area contributed by atoms with Crippen molar-refractivity contribution in [3.05, 3.63) is 71.4 Å². The van der Waals surface area contributed by atoms with E-state index >= 15 is 0 Å². The summed E-state index contributed by atoms with van der Waals surface area (Å²) in [6.07, 6.45) is 5.02. The first-order valence-electron chi connectivity index (χ1n) is 11.8. The summed E-state index contributed by atoms with van der Waals surface area (Å²) in [6.45, 7) is 6.48. The summed E-state index contributed by atoms with van der Waals surface area (Å²) < 4.78 is 1.79. The van der Waals surface area contributed by atoms with E-state index in [-0.39, 0.29) is 17.7 Å². The molecule has 3 aromatic rings. The molecule has 0 bridgehead atoms. The normalized spacial score (nSPS) is 16.5. The average Bonchev–Trinajstić information content (AvgIpc) is 3.25. The second-order valence-corrected chi connectivity index (χ2v) is 9.22. The summed E-state index contributed by atoms with van der Waals surface area (Å²) >= 11 is 0. The summed E-state index contributed by atoms with van der Waals surface area (Å²) in [5.74, 6) is 0.440. The van der Waals surface area contributed by atoms with Crippen molar-refractivity contribution in [3.63, 3.8) is 0 Å². The molecular formula is C27H30N4O2. The number of carbonyl (C=O) groups is 2. The molecule has 1 saturated heterocycles. The lowest BCUT2D eigenvalue weighted by atomic mass is 9.84. The number of benzene rings is 2. The van der Waals surface area contributed by atoms with Crippen LogP contribution in [0.3, 0.4) is 0 Å². The fourth-order valence-corrected chi connectivity index (χ4v) is 4.56. The molecule has 0 N–H and O–H groups in total. The summed E-state index contributed by atoms with van der Waals surface area (Å²) in [6, 6.07) is 16.1. The number of aromatic nitrogens is 2. The molecule has 2 fully saturated rings. The zero-order valence-electron chi connectivity index (χ0n) is 19.3. The first-order chi connectivity index (χ1) is 16.0. The maximum atomic E-state index is 13.6. The van der Waals surface area contributed by atoms with Gasteiger partial charge in [-0.25, -0.2) is 4.68 Å². The topological polar surface area (TPSA) is 58.4 Å². The molecule has 170 valence electrons. The van der Waals surface area contributed by atoms with E-state index in [1.165, 1.54) is 11.1 Å². The molecule has 5 rings (SSSR count). The number of piperazine rings is 1. The number of carbonyl (C=O) groups excluding carboxylic acids is 2. The van der Waals surface area contributed by atoms with Gasteiger partial charge in [-0.05, 0) is 56.0 Å². The minimum atomic E-state index is -0.0267. The summed E-state index contributed by atoms with van der Waals surface area (Å²) in [4.78, 5) is 30.0. The van der Waals surface area contributed by atoms with Crippen LogP contribution in [-0.2, 0) is 4.79 Å². The molecule has 1 saturated carbocycles. The van der Waals surface area contributed by atoms with E-state index in [2.05, 4.69) is 26.0 Å². The van der Waals surface area contributed by atoms with Crippen LogP contribution in [0.4, 0.5) is 0 Å². The van der Waals surface area contributed by atoms with Gasteiger partial charge >= 0.3 is 0 Å². The zero-order chi connectivity index (χ0) is 22.9. The Kier molecular flexibility index (Phi) is 5.75. The third-order valence-electron chi connectivity index (χ3n) is 7.08. The van der Waals surface area contributed by atoms with Gasteiger partial charge in [-0.15, -0.1) is 0 Å². The smallest absolute Gasteiger partial charge is 0.257 e. The molecule has 2 heterocycles. The monoisotopic (exact) mass is 442 g/mol. The fraction of sp³-hybridized carbons (Fsp3) is 0.370. The van der Waals surface area contributed by atoms with Crippen molar-refractivity contribution < 1.29 is 9.59 Å². The number of aryl methyl sites for hydroxylation is 2. The van der Waals surface area contributed by atoms with Crippen molar-refractivity contribution in [2.75, 3.05) is 26.2 Å². The number of hydrogen-bond donors (Lipinski definition) is 0. The Labute approximate surface area is 194 Å². The number of nitrogens with zero attached hydrogens (tertiary/aromatic N) is 4. The average molecular weight is 443 g/mol. The molecule has 2 aliphatic rings. The molecule has 0 unspecified atom stereocenters. The van der Waals surface area contributed by atoms with E-state index in [0.29, 0.717) is 37.4 Å². The molecule has 0 spiro atoms. The van der Waals surface area contributed by atoms with Gasteiger partial charge in [-0.3, -0.25) is 9.59 Å². The minimum Gasteiger partial charge on any atom is -0.339 e. The summed E-state index contributed by atoms with van der Waals surface area (Å²) in [7, 11) is 0. The Balaban J connectivity index is 1.42. The Morgan fingerprint density at radius 1 is 0.879 bits per heavy atom. The van der Waals surface area contributed by atoms with Crippen molar-refractivity contribution in [1.82, 2.24) is 19.6 Å². The first kappa shape index (κ1) is 21.4. The number of para-hydroxylation sites is 1. The van der Waals surface area contributed by atoms with E-state index < -0.39 is 0 Å². The van der Waals surface area contributed by atoms with Gasteiger partial charge in [0.25, 0.3) is 5.91 Å². The van der Waals surface area contributed by atoms with Gasteiger partial charge in [0.05, 0.1) is 11.3 Å². The quantitative estimate of drug-likeness (QED) is 0.607. The van der Waals surface area contributed by atoms with Crippen molar-refractivity contribution in [2.24, 2.45) is 5.92 Å². The second kappa shape index (κ2) is 8.85. The first-order valence-corrected chi connectivity index (χ1v) is 11.8. The molecule has 6 nitrogen and oxygen atoms in total. The SMILES string of the molecule is Cc1ccc(-c2nn(-c3ccccc3)cc2C(=O)N2CCN(C(=O)C3CCC3)CC2)cc1C. The van der Waals surface area contributed by atoms with E-state index in [1.54, 1.807) is 4.68 Å². The minimum absolute atomic E-state index is 0.0267. The number of rotatable bonds is 4. The van der Waals surface area contributed by atoms with Crippen molar-refractivity contribution in [3.8, 4) is 16.9 Å². The molecular weight excluding hydrogens is 412 g/mol. The van der Waals surface area contributed by atoms with E-state index in [9.17, 15) is 9.59 Å². The molecule has 0 radical (unpaired) electrons. The van der Waals surface area contributed by atoms with Crippen LogP contribution in [-0.4, -0.2) is 57.6 Å². The third-order valence-corrected chi connectivity index (χ3v) is 7.08. The van der Waals surface area contributed by atoms with Crippen molar-refractivity contribution in [1.29, 1.82) is 0 Å². The Bertz CT molecular complexity index is 1170. The Hall–Kier alpha value is -3.41. The fourth-order valence-electron chi connectivity index (χ4n) is 4.56. The highest BCUT2D eigenvalue weighted by Crippen LogP contribution is 2.30. The highest BCUT2D eigenvalue weighted by molar-refractivity contribution is 6.00. The summed E-state index contributed by atoms with van der Waals surface area (Å²) in [5, 5.41) is 4.83. The van der Waals surface area contributed by atoms with Crippen LogP contribution in [0.15, 0.2) is 54.7 Å². The lowest BCUT2D eigenvalue weighted by Gasteiger charge is -2.38. The van der Waals surface area contributed by atoms with Gasteiger partial charge in [0.2, 0.25) is 5.91 Å². The molecule has 0 atom stereocenters. The van der Waals surface area contributed by atoms with Crippen LogP contribution in [0.2, 0.25) is 0 Å². The van der Waals surface area contributed by atoms with Gasteiger partial charge in [0.1, 0.15) is 5.69 Å². The molecule has 6 heteroatoms. The lowest BCUT2D eigenvalue weighted by Crippen LogP contribution is -2.52. The largest absolute Gasteiger partial charge is 0.339 e. The van der Waals surface area contributed by atoms with Gasteiger partial charge < -0.3 is 9.80 Å². The van der Waals surface area contributed by atoms with Crippen LogP contribution in [0.25, 0.3) is 16.9 Å². The maximum absolute atomic E-state index is 13.6. The van der Waals surface area contributed by atoms with Gasteiger partial charge in [-0.2, -0.15) is 5.10 Å². The van der Waals surface area contributed by atoms with Crippen LogP contribution < -0.4 is 0 Å². The van der Waals surface area contributed by atoms with E-state index in [0.717, 1.165) is 30.5 Å². The van der Waals surface area contributed by atoms with Crippen LogP contribution in [0, 0.1) is 19.8 Å². The number of hydrogen-bond acceptors (Lipinski definition) is 3. The molecule has 2 amide bonds. The predicted octanol–water partition coefficient (Wildman–Crippen LogP) is 4.24. The third kappa shape index (κ3) is 4.17. The molecule has 33 heavy (non-hydrogen) atoms. The Morgan fingerprint density at radius 3 is 2.21 bits per heavy atom. The Morgan fingerprint density at radius 2 is 1.58 bits per heavy atom. The van der Waals surface area contributed by atoms with Crippen molar-refractivity contribution >= 4 is 11.8 Å². The van der Waals surface area contributed by atoms with E-state index in [1.807, 2.05) is 52.4 Å². The molecule has 1 aliphatic heterocycles. The van der Waals surface area contributed by atoms with Crippen LogP contribution in [0.5, 0.6) is 0 Å². The van der Waals surface area contributed by atoms with Gasteiger partial charge in [0, 0.05) is 43.9 Å². The van der Waals surface area contributed by atoms with Gasteiger partial charge in [0.15, 0.2) is 0 Å². The molecule has 1 aromatic heterocycles.